The SMILES string of the molecule is Cc1ccc(Nc2nc(CC(O)O)cs2)cc1. The van der Waals surface area contributed by atoms with E-state index >= 15 is 0 Å². The average molecular weight is 250 g/mol. The van der Waals surface area contributed by atoms with Gasteiger partial charge < -0.3 is 15.5 Å². The Bertz CT molecular complexity index is 480. The van der Waals surface area contributed by atoms with Crippen LogP contribution in [0.4, 0.5) is 10.8 Å². The molecule has 3 N–H and O–H groups in total. The summed E-state index contributed by atoms with van der Waals surface area (Å²) in [5, 5.41) is 23.4. The molecule has 4 nitrogen and oxygen atoms in total. The second-order valence-electron chi connectivity index (χ2n) is 3.82. The smallest absolute Gasteiger partial charge is 0.187 e. The first-order valence-corrected chi connectivity index (χ1v) is 6.15. The molecular formula is C12H14N2O2S. The lowest BCUT2D eigenvalue weighted by molar-refractivity contribution is -0.0386. The van der Waals surface area contributed by atoms with Crippen LogP contribution in [0.1, 0.15) is 11.3 Å². The van der Waals surface area contributed by atoms with Crippen LogP contribution < -0.4 is 5.32 Å². The molecule has 0 atom stereocenters. The summed E-state index contributed by atoms with van der Waals surface area (Å²) in [6.45, 7) is 2.04. The Labute approximate surface area is 104 Å². The molecule has 90 valence electrons. The Morgan fingerprint density at radius 3 is 2.65 bits per heavy atom. The van der Waals surface area contributed by atoms with E-state index in [4.69, 9.17) is 10.2 Å². The molecule has 2 rings (SSSR count). The first-order valence-electron chi connectivity index (χ1n) is 5.28. The van der Waals surface area contributed by atoms with Gasteiger partial charge in [0, 0.05) is 17.5 Å². The van der Waals surface area contributed by atoms with Crippen LogP contribution in [0, 0.1) is 6.92 Å². The van der Waals surface area contributed by atoms with Gasteiger partial charge in [0.25, 0.3) is 0 Å². The fourth-order valence-electron chi connectivity index (χ4n) is 1.41. The quantitative estimate of drug-likeness (QED) is 0.727. The molecule has 2 aromatic rings. The maximum atomic E-state index is 8.84. The van der Waals surface area contributed by atoms with Gasteiger partial charge in [0.1, 0.15) is 0 Å². The van der Waals surface area contributed by atoms with Crippen molar-refractivity contribution in [1.29, 1.82) is 0 Å². The summed E-state index contributed by atoms with van der Waals surface area (Å²) < 4.78 is 0. The topological polar surface area (TPSA) is 65.4 Å². The van der Waals surface area contributed by atoms with E-state index in [0.717, 1.165) is 10.8 Å². The third-order valence-electron chi connectivity index (χ3n) is 2.25. The highest BCUT2D eigenvalue weighted by Gasteiger charge is 2.05. The molecule has 0 aliphatic carbocycles. The van der Waals surface area contributed by atoms with E-state index in [1.165, 1.54) is 16.9 Å². The number of aryl methyl sites for hydroxylation is 1. The lowest BCUT2D eigenvalue weighted by atomic mass is 10.2. The van der Waals surface area contributed by atoms with Crippen LogP contribution in [0.15, 0.2) is 29.6 Å². The first-order chi connectivity index (χ1) is 8.13. The number of anilines is 2. The molecule has 0 aliphatic rings. The molecule has 0 amide bonds. The van der Waals surface area contributed by atoms with Crippen molar-refractivity contribution in [1.82, 2.24) is 4.98 Å². The van der Waals surface area contributed by atoms with Crippen LogP contribution in [-0.4, -0.2) is 21.5 Å². The van der Waals surface area contributed by atoms with Crippen molar-refractivity contribution in [3.63, 3.8) is 0 Å². The van der Waals surface area contributed by atoms with Gasteiger partial charge in [0.05, 0.1) is 5.69 Å². The number of hydrogen-bond acceptors (Lipinski definition) is 5. The van der Waals surface area contributed by atoms with Crippen LogP contribution in [0.3, 0.4) is 0 Å². The Morgan fingerprint density at radius 1 is 1.29 bits per heavy atom. The molecule has 5 heteroatoms. The lowest BCUT2D eigenvalue weighted by Crippen LogP contribution is -2.08. The third kappa shape index (κ3) is 3.52. The highest BCUT2D eigenvalue weighted by atomic mass is 32.1. The molecule has 0 aliphatic heterocycles. The number of thiazole rings is 1. The zero-order valence-electron chi connectivity index (χ0n) is 9.42. The number of aromatic nitrogens is 1. The summed E-state index contributed by atoms with van der Waals surface area (Å²) in [4.78, 5) is 4.26. The molecule has 17 heavy (non-hydrogen) atoms. The Morgan fingerprint density at radius 2 is 2.00 bits per heavy atom. The highest BCUT2D eigenvalue weighted by molar-refractivity contribution is 7.13. The summed E-state index contributed by atoms with van der Waals surface area (Å²) in [5.74, 6) is 0. The van der Waals surface area contributed by atoms with Gasteiger partial charge in [-0.3, -0.25) is 0 Å². The second-order valence-corrected chi connectivity index (χ2v) is 4.68. The van der Waals surface area contributed by atoms with Crippen LogP contribution in [0.5, 0.6) is 0 Å². The molecular weight excluding hydrogens is 236 g/mol. The summed E-state index contributed by atoms with van der Waals surface area (Å²) in [7, 11) is 0. The molecule has 0 unspecified atom stereocenters. The second kappa shape index (κ2) is 5.27. The first kappa shape index (κ1) is 12.0. The van der Waals surface area contributed by atoms with Crippen molar-refractivity contribution in [3.05, 3.63) is 40.9 Å². The average Bonchev–Trinajstić information content (AvgIpc) is 2.68. The molecule has 0 radical (unpaired) electrons. The fourth-order valence-corrected chi connectivity index (χ4v) is 2.15. The minimum Gasteiger partial charge on any atom is -0.368 e. The van der Waals surface area contributed by atoms with E-state index in [9.17, 15) is 0 Å². The van der Waals surface area contributed by atoms with E-state index in [1.54, 1.807) is 0 Å². The van der Waals surface area contributed by atoms with Gasteiger partial charge >= 0.3 is 0 Å². The summed E-state index contributed by atoms with van der Waals surface area (Å²) in [6, 6.07) is 8.01. The maximum Gasteiger partial charge on any atom is 0.187 e. The molecule has 0 spiro atoms. The maximum absolute atomic E-state index is 8.84. The Hall–Kier alpha value is -1.43. The van der Waals surface area contributed by atoms with E-state index in [-0.39, 0.29) is 6.42 Å². The zero-order valence-corrected chi connectivity index (χ0v) is 10.2. The van der Waals surface area contributed by atoms with Crippen molar-refractivity contribution < 1.29 is 10.2 Å². The molecule has 0 saturated carbocycles. The van der Waals surface area contributed by atoms with Crippen LogP contribution >= 0.6 is 11.3 Å². The van der Waals surface area contributed by atoms with E-state index in [0.29, 0.717) is 5.69 Å². The lowest BCUT2D eigenvalue weighted by Gasteiger charge is -2.02. The summed E-state index contributed by atoms with van der Waals surface area (Å²) in [5.41, 5.74) is 2.86. The predicted molar refractivity (Wildman–Crippen MR) is 68.5 cm³/mol. The van der Waals surface area contributed by atoms with Gasteiger partial charge in [0.15, 0.2) is 11.4 Å². The van der Waals surface area contributed by atoms with Crippen LogP contribution in [0.2, 0.25) is 0 Å². The number of nitrogens with one attached hydrogen (secondary N) is 1. The molecule has 0 saturated heterocycles. The number of aliphatic hydroxyl groups is 2. The number of benzene rings is 1. The monoisotopic (exact) mass is 250 g/mol. The summed E-state index contributed by atoms with van der Waals surface area (Å²) >= 11 is 1.45. The van der Waals surface area contributed by atoms with Gasteiger partial charge in [-0.05, 0) is 19.1 Å². The number of rotatable bonds is 4. The van der Waals surface area contributed by atoms with Gasteiger partial charge in [0.2, 0.25) is 0 Å². The van der Waals surface area contributed by atoms with Gasteiger partial charge in [-0.2, -0.15) is 0 Å². The van der Waals surface area contributed by atoms with Crippen molar-refractivity contribution in [3.8, 4) is 0 Å². The molecule has 1 aromatic heterocycles. The summed E-state index contributed by atoms with van der Waals surface area (Å²) in [6.07, 6.45) is -1.18. The minimum absolute atomic E-state index is 0.159. The Balaban J connectivity index is 2.03. The molecule has 0 fully saturated rings. The predicted octanol–water partition coefficient (Wildman–Crippen LogP) is 2.05. The van der Waals surface area contributed by atoms with Crippen LogP contribution in [-0.2, 0) is 6.42 Å². The van der Waals surface area contributed by atoms with Gasteiger partial charge in [-0.25, -0.2) is 4.98 Å². The van der Waals surface area contributed by atoms with Crippen molar-refractivity contribution in [2.75, 3.05) is 5.32 Å². The number of aliphatic hydroxyl groups excluding tert-OH is 1. The third-order valence-corrected chi connectivity index (χ3v) is 3.05. The van der Waals surface area contributed by atoms with Crippen molar-refractivity contribution >= 4 is 22.2 Å². The van der Waals surface area contributed by atoms with Crippen LogP contribution in [0.25, 0.3) is 0 Å². The van der Waals surface area contributed by atoms with Gasteiger partial charge in [-0.15, -0.1) is 11.3 Å². The number of nitrogens with zero attached hydrogens (tertiary/aromatic N) is 1. The normalized spacial score (nSPS) is 10.8. The zero-order chi connectivity index (χ0) is 12.3. The molecule has 1 heterocycles. The largest absolute Gasteiger partial charge is 0.368 e. The fraction of sp³-hybridized carbons (Fsp3) is 0.250. The van der Waals surface area contributed by atoms with Crippen molar-refractivity contribution in [2.45, 2.75) is 19.6 Å². The van der Waals surface area contributed by atoms with E-state index in [1.807, 2.05) is 36.6 Å². The molecule has 1 aromatic carbocycles. The molecule has 0 bridgehead atoms. The number of hydrogen-bond donors (Lipinski definition) is 3. The van der Waals surface area contributed by atoms with Crippen molar-refractivity contribution in [2.24, 2.45) is 0 Å². The van der Waals surface area contributed by atoms with E-state index in [2.05, 4.69) is 10.3 Å². The minimum atomic E-state index is -1.34. The van der Waals surface area contributed by atoms with Gasteiger partial charge in [-0.1, -0.05) is 17.7 Å². The Kier molecular flexibility index (Phi) is 3.73. The standard InChI is InChI=1S/C12H14N2O2S/c1-8-2-4-9(5-3-8)13-12-14-10(7-17-12)6-11(15)16/h2-5,7,11,15-16H,6H2,1H3,(H,13,14). The van der Waals surface area contributed by atoms with E-state index < -0.39 is 6.29 Å². The highest BCUT2D eigenvalue weighted by Crippen LogP contribution is 2.21.